The summed E-state index contributed by atoms with van der Waals surface area (Å²) in [5.41, 5.74) is 1.86. The molecule has 1 N–H and O–H groups in total. The highest BCUT2D eigenvalue weighted by Crippen LogP contribution is 2.60. The fraction of sp³-hybridized carbons (Fsp3) is 0.857. The first-order chi connectivity index (χ1) is 13.0. The van der Waals surface area contributed by atoms with E-state index in [4.69, 9.17) is 0 Å². The normalized spacial score (nSPS) is 34.3. The van der Waals surface area contributed by atoms with Crippen molar-refractivity contribution >= 4 is 18.3 Å². The average Bonchev–Trinajstić information content (AvgIpc) is 3.01. The first-order valence-corrected chi connectivity index (χ1v) is 10.9. The number of carbonyl (C=O) groups excluding carboxylic acids is 1. The van der Waals surface area contributed by atoms with E-state index in [1.54, 1.807) is 0 Å². The number of rotatable bonds is 4. The fourth-order valence-electron chi connectivity index (χ4n) is 7.18. The molecule has 0 spiro atoms. The van der Waals surface area contributed by atoms with Crippen molar-refractivity contribution in [2.45, 2.75) is 64.3 Å². The zero-order valence-electron chi connectivity index (χ0n) is 17.2. The van der Waals surface area contributed by atoms with Crippen LogP contribution in [0.3, 0.4) is 0 Å². The van der Waals surface area contributed by atoms with Crippen LogP contribution in [0.1, 0.15) is 73.6 Å². The summed E-state index contributed by atoms with van der Waals surface area (Å²) in [6.45, 7) is 4.93. The molecule has 6 nitrogen and oxygen atoms in total. The molecule has 6 rings (SSSR count). The minimum atomic E-state index is 0. The quantitative estimate of drug-likeness (QED) is 0.832. The monoisotopic (exact) mass is 407 g/mol. The van der Waals surface area contributed by atoms with Gasteiger partial charge in [-0.25, -0.2) is 4.68 Å². The molecule has 0 aromatic carbocycles. The number of hydrogen-bond acceptors (Lipinski definition) is 4. The Kier molecular flexibility index (Phi) is 5.47. The maximum absolute atomic E-state index is 13.2. The Morgan fingerprint density at radius 2 is 1.71 bits per heavy atom. The molecule has 1 amide bonds. The van der Waals surface area contributed by atoms with Crippen molar-refractivity contribution < 1.29 is 4.79 Å². The van der Waals surface area contributed by atoms with Crippen LogP contribution in [-0.4, -0.2) is 52.5 Å². The van der Waals surface area contributed by atoms with E-state index in [9.17, 15) is 4.79 Å². The van der Waals surface area contributed by atoms with Crippen molar-refractivity contribution in [3.63, 3.8) is 0 Å². The smallest absolute Gasteiger partial charge is 0.276 e. The molecule has 0 atom stereocenters. The number of carbonyl (C=O) groups is 1. The van der Waals surface area contributed by atoms with Crippen LogP contribution >= 0.6 is 12.4 Å². The van der Waals surface area contributed by atoms with Crippen LogP contribution in [0.25, 0.3) is 0 Å². The topological polar surface area (TPSA) is 63.1 Å². The maximum Gasteiger partial charge on any atom is 0.276 e. The van der Waals surface area contributed by atoms with E-state index in [2.05, 4.69) is 15.6 Å². The Bertz CT molecular complexity index is 691. The first-order valence-electron chi connectivity index (χ1n) is 10.9. The van der Waals surface area contributed by atoms with Gasteiger partial charge in [-0.1, -0.05) is 5.21 Å². The summed E-state index contributed by atoms with van der Waals surface area (Å²) in [6, 6.07) is 0.369. The number of amides is 1. The second kappa shape index (κ2) is 7.60. The Morgan fingerprint density at radius 1 is 1.14 bits per heavy atom. The molecule has 1 aromatic rings. The standard InChI is InChI=1S/C21H33N5O.ClH/c1-14-19(23-24-26(14)18-3-5-22-6-4-18)20(27)25(2)13-21-10-15-7-16(11-21)9-17(8-15)12-21;/h15-18,22H,3-13H2,1-2H3;1H. The summed E-state index contributed by atoms with van der Waals surface area (Å²) < 4.78 is 1.99. The van der Waals surface area contributed by atoms with Gasteiger partial charge in [-0.2, -0.15) is 0 Å². The molecule has 2 heterocycles. The first kappa shape index (κ1) is 20.1. The molecule has 1 aromatic heterocycles. The highest BCUT2D eigenvalue weighted by atomic mass is 35.5. The summed E-state index contributed by atoms with van der Waals surface area (Å²) >= 11 is 0. The lowest BCUT2D eigenvalue weighted by atomic mass is 9.49. The van der Waals surface area contributed by atoms with Crippen molar-refractivity contribution in [1.82, 2.24) is 25.2 Å². The molecule has 0 unspecified atom stereocenters. The molecule has 156 valence electrons. The molecule has 1 saturated heterocycles. The van der Waals surface area contributed by atoms with Gasteiger partial charge >= 0.3 is 0 Å². The summed E-state index contributed by atoms with van der Waals surface area (Å²) in [4.78, 5) is 15.1. The Labute approximate surface area is 174 Å². The van der Waals surface area contributed by atoms with Gasteiger partial charge < -0.3 is 10.2 Å². The molecule has 1 aliphatic heterocycles. The van der Waals surface area contributed by atoms with E-state index in [1.807, 2.05) is 23.6 Å². The van der Waals surface area contributed by atoms with Gasteiger partial charge in [0.05, 0.1) is 11.7 Å². The summed E-state index contributed by atoms with van der Waals surface area (Å²) in [7, 11) is 1.98. The van der Waals surface area contributed by atoms with Gasteiger partial charge in [-0.3, -0.25) is 4.79 Å². The molecule has 4 bridgehead atoms. The Hall–Kier alpha value is -1.14. The minimum Gasteiger partial charge on any atom is -0.340 e. The van der Waals surface area contributed by atoms with Gasteiger partial charge in [0.25, 0.3) is 5.91 Å². The molecule has 4 aliphatic carbocycles. The summed E-state index contributed by atoms with van der Waals surface area (Å²) in [5, 5.41) is 12.1. The van der Waals surface area contributed by atoms with Crippen molar-refractivity contribution in [2.75, 3.05) is 26.7 Å². The van der Waals surface area contributed by atoms with Gasteiger partial charge in [-0.05, 0) is 94.5 Å². The van der Waals surface area contributed by atoms with Crippen LogP contribution in [-0.2, 0) is 0 Å². The zero-order valence-corrected chi connectivity index (χ0v) is 18.0. The lowest BCUT2D eigenvalue weighted by molar-refractivity contribution is -0.0629. The van der Waals surface area contributed by atoms with E-state index in [1.165, 1.54) is 38.5 Å². The van der Waals surface area contributed by atoms with E-state index < -0.39 is 0 Å². The minimum absolute atomic E-state index is 0. The molecule has 5 aliphatic rings. The molecular formula is C21H34ClN5O. The van der Waals surface area contributed by atoms with Crippen LogP contribution in [0.4, 0.5) is 0 Å². The van der Waals surface area contributed by atoms with Gasteiger partial charge in [-0.15, -0.1) is 17.5 Å². The lowest BCUT2D eigenvalue weighted by Crippen LogP contribution is -2.51. The van der Waals surface area contributed by atoms with Gasteiger partial charge in [0.1, 0.15) is 0 Å². The third-order valence-corrected chi connectivity index (χ3v) is 7.87. The summed E-state index contributed by atoms with van der Waals surface area (Å²) in [5.74, 6) is 2.82. The van der Waals surface area contributed by atoms with E-state index >= 15 is 0 Å². The van der Waals surface area contributed by atoms with Crippen molar-refractivity contribution in [2.24, 2.45) is 23.2 Å². The van der Waals surface area contributed by atoms with Gasteiger partial charge in [0, 0.05) is 13.6 Å². The Balaban J connectivity index is 0.00000192. The SMILES string of the molecule is Cc1c(C(=O)N(C)CC23CC4CC(CC(C4)C2)C3)nnn1C1CCNCC1.Cl. The number of nitrogens with one attached hydrogen (secondary N) is 1. The molecule has 5 fully saturated rings. The molecule has 0 radical (unpaired) electrons. The maximum atomic E-state index is 13.2. The molecular weight excluding hydrogens is 374 g/mol. The molecule has 4 saturated carbocycles. The third kappa shape index (κ3) is 3.47. The number of piperidine rings is 1. The fourth-order valence-corrected chi connectivity index (χ4v) is 7.18. The molecule has 7 heteroatoms. The van der Waals surface area contributed by atoms with Gasteiger partial charge in [0.15, 0.2) is 5.69 Å². The van der Waals surface area contributed by atoms with Crippen LogP contribution < -0.4 is 5.32 Å². The second-order valence-corrected chi connectivity index (χ2v) is 10.0. The predicted octanol–water partition coefficient (Wildman–Crippen LogP) is 3.22. The second-order valence-electron chi connectivity index (χ2n) is 10.0. The van der Waals surface area contributed by atoms with Gasteiger partial charge in [0.2, 0.25) is 0 Å². The van der Waals surface area contributed by atoms with E-state index in [-0.39, 0.29) is 18.3 Å². The third-order valence-electron chi connectivity index (χ3n) is 7.87. The van der Waals surface area contributed by atoms with Crippen LogP contribution in [0.5, 0.6) is 0 Å². The highest BCUT2D eigenvalue weighted by molar-refractivity contribution is 5.93. The van der Waals surface area contributed by atoms with Crippen molar-refractivity contribution in [3.05, 3.63) is 11.4 Å². The lowest BCUT2D eigenvalue weighted by Gasteiger charge is -2.57. The predicted molar refractivity (Wildman–Crippen MR) is 111 cm³/mol. The van der Waals surface area contributed by atoms with E-state index in [0.29, 0.717) is 17.2 Å². The van der Waals surface area contributed by atoms with Crippen LogP contribution in [0.15, 0.2) is 0 Å². The van der Waals surface area contributed by atoms with Crippen molar-refractivity contribution in [3.8, 4) is 0 Å². The average molecular weight is 408 g/mol. The van der Waals surface area contributed by atoms with Crippen LogP contribution in [0, 0.1) is 30.1 Å². The summed E-state index contributed by atoms with van der Waals surface area (Å²) in [6.07, 6.45) is 10.4. The van der Waals surface area contributed by atoms with Crippen LogP contribution in [0.2, 0.25) is 0 Å². The Morgan fingerprint density at radius 3 is 2.29 bits per heavy atom. The number of aromatic nitrogens is 3. The van der Waals surface area contributed by atoms with Crippen molar-refractivity contribution in [1.29, 1.82) is 0 Å². The zero-order chi connectivity index (χ0) is 18.6. The highest BCUT2D eigenvalue weighted by Gasteiger charge is 2.51. The number of hydrogen-bond donors (Lipinski definition) is 1. The number of nitrogens with zero attached hydrogens (tertiary/aromatic N) is 4. The number of halogens is 1. The van der Waals surface area contributed by atoms with E-state index in [0.717, 1.165) is 55.9 Å². The molecule has 28 heavy (non-hydrogen) atoms. The largest absolute Gasteiger partial charge is 0.340 e.